The Morgan fingerprint density at radius 3 is 0.853 bits per heavy atom. The monoisotopic (exact) mass is 1960 g/mol. The summed E-state index contributed by atoms with van der Waals surface area (Å²) in [5.74, 6) is 0. The Labute approximate surface area is 876 Å². The van der Waals surface area contributed by atoms with Crippen LogP contribution >= 0.6 is 34.0 Å². The minimum absolute atomic E-state index is 0.0869. The largest absolute Gasteiger partial charge is 0.310 e. The molecule has 0 N–H and O–H groups in total. The van der Waals surface area contributed by atoms with E-state index in [9.17, 15) is 0 Å². The Morgan fingerprint density at radius 1 is 0.153 bits per heavy atom. The number of benzene rings is 23. The average molecular weight is 1960 g/mol. The number of hydrogen-bond donors (Lipinski definition) is 0. The highest BCUT2D eigenvalue weighted by Gasteiger charge is 2.37. The summed E-state index contributed by atoms with van der Waals surface area (Å²) in [6, 6.07) is 188. The van der Waals surface area contributed by atoms with Gasteiger partial charge in [0, 0.05) is 182 Å². The molecule has 0 amide bonds. The first-order valence-electron chi connectivity index (χ1n) is 51.5. The lowest BCUT2D eigenvalue weighted by atomic mass is 9.82. The Morgan fingerprint density at radius 2 is 0.413 bits per heavy atom. The summed E-state index contributed by atoms with van der Waals surface area (Å²) >= 11 is 5.60. The zero-order valence-corrected chi connectivity index (χ0v) is 84.4. The second kappa shape index (κ2) is 33.8. The molecule has 0 aliphatic heterocycles. The third-order valence-corrected chi connectivity index (χ3v) is 35.4. The van der Waals surface area contributed by atoms with Crippen molar-refractivity contribution in [3.8, 4) is 55.6 Å². The molecule has 0 spiro atoms. The van der Waals surface area contributed by atoms with Crippen LogP contribution in [0.4, 0.5) is 51.2 Å². The van der Waals surface area contributed by atoms with Gasteiger partial charge in [-0.3, -0.25) is 0 Å². The molecule has 9 aromatic heterocycles. The zero-order chi connectivity index (χ0) is 98.7. The van der Waals surface area contributed by atoms with Crippen molar-refractivity contribution in [1.29, 1.82) is 0 Å². The van der Waals surface area contributed by atoms with E-state index in [-0.39, 0.29) is 5.41 Å². The Hall–Kier alpha value is -18.5. The molecular formula is C141H90N6S3. The van der Waals surface area contributed by atoms with E-state index in [1.165, 1.54) is 247 Å². The highest BCUT2D eigenvalue weighted by atomic mass is 32.1. The SMILES string of the molecule is CC1(C)c2ccccc2-c2ccc(N(c3ccc4sc5ccccc5c4c3)c3ccc4c5cccc6c7ccccc7n(c4c3)c65)cc21.c1ccc(-c2ccc(N(c3ccc(-c4ccc5c(c4)sc4ccccc45)cc3)c3ccc4c5cccc6c7ccccc7n(c4c3)c65)cc2)cc1.c1ccc(-c2ccc(N(c3ccc(-c4ccc5sc6ccccc6c5c4)cc3)c3ccc4c5cccc6c7ccccc7n(c4c3)c65)cc2)cc1. The summed E-state index contributed by atoms with van der Waals surface area (Å²) in [4.78, 5) is 7.25. The van der Waals surface area contributed by atoms with E-state index in [1.54, 1.807) is 0 Å². The van der Waals surface area contributed by atoms with Crippen molar-refractivity contribution in [3.63, 3.8) is 0 Å². The molecule has 0 unspecified atom stereocenters. The zero-order valence-electron chi connectivity index (χ0n) is 81.9. The fourth-order valence-electron chi connectivity index (χ4n) is 25.0. The third kappa shape index (κ3) is 13.4. The molecule has 1 aliphatic carbocycles. The van der Waals surface area contributed by atoms with E-state index in [0.29, 0.717) is 0 Å². The fraction of sp³-hybridized carbons (Fsp3) is 0.0213. The van der Waals surface area contributed by atoms with Crippen molar-refractivity contribution in [2.75, 3.05) is 14.7 Å². The Kier molecular flexibility index (Phi) is 19.4. The first kappa shape index (κ1) is 85.9. The van der Waals surface area contributed by atoms with Crippen LogP contribution in [0.15, 0.2) is 510 Å². The van der Waals surface area contributed by atoms with Crippen LogP contribution in [-0.4, -0.2) is 13.2 Å². The van der Waals surface area contributed by atoms with E-state index in [4.69, 9.17) is 0 Å². The summed E-state index contributed by atoms with van der Waals surface area (Å²) in [6.07, 6.45) is 0. The second-order valence-corrected chi connectivity index (χ2v) is 43.7. The van der Waals surface area contributed by atoms with Crippen molar-refractivity contribution in [2.45, 2.75) is 19.3 Å². The van der Waals surface area contributed by atoms with Gasteiger partial charge in [0.15, 0.2) is 0 Å². The van der Waals surface area contributed by atoms with Gasteiger partial charge in [-0.25, -0.2) is 0 Å². The second-order valence-electron chi connectivity index (χ2n) is 40.5. The molecule has 1 aliphatic rings. The first-order chi connectivity index (χ1) is 74.1. The topological polar surface area (TPSA) is 22.9 Å². The molecule has 23 aromatic carbocycles. The Balaban J connectivity index is 0.000000101. The molecule has 33 rings (SSSR count). The van der Waals surface area contributed by atoms with Crippen molar-refractivity contribution in [3.05, 3.63) is 521 Å². The maximum Gasteiger partial charge on any atom is 0.0620 e. The molecule has 150 heavy (non-hydrogen) atoms. The average Bonchev–Trinajstić information content (AvgIpc) is 1.55. The quantitative estimate of drug-likeness (QED) is 0.115. The molecule has 0 radical (unpaired) electrons. The first-order valence-corrected chi connectivity index (χ1v) is 54.0. The van der Waals surface area contributed by atoms with Gasteiger partial charge >= 0.3 is 0 Å². The van der Waals surface area contributed by atoms with Crippen molar-refractivity contribution < 1.29 is 0 Å². The smallest absolute Gasteiger partial charge is 0.0620 e. The van der Waals surface area contributed by atoms with Crippen molar-refractivity contribution in [2.24, 2.45) is 0 Å². The fourth-order valence-corrected chi connectivity index (χ4v) is 28.3. The van der Waals surface area contributed by atoms with Gasteiger partial charge in [-0.2, -0.15) is 0 Å². The van der Waals surface area contributed by atoms with Gasteiger partial charge in [-0.1, -0.05) is 354 Å². The number of hydrogen-bond acceptors (Lipinski definition) is 6. The highest BCUT2D eigenvalue weighted by Crippen LogP contribution is 2.55. The van der Waals surface area contributed by atoms with E-state index in [1.807, 2.05) is 34.0 Å². The molecule has 6 nitrogen and oxygen atoms in total. The number of rotatable bonds is 13. The van der Waals surface area contributed by atoms with Gasteiger partial charge in [-0.05, 0) is 237 Å². The summed E-state index contributed by atoms with van der Waals surface area (Å²) in [6.45, 7) is 4.73. The molecule has 0 fully saturated rings. The van der Waals surface area contributed by atoms with Crippen LogP contribution < -0.4 is 14.7 Å². The van der Waals surface area contributed by atoms with Crippen LogP contribution in [0, 0.1) is 0 Å². The molecule has 0 atom stereocenters. The van der Waals surface area contributed by atoms with Crippen LogP contribution in [-0.2, 0) is 5.41 Å². The van der Waals surface area contributed by atoms with E-state index < -0.39 is 0 Å². The molecule has 702 valence electrons. The lowest BCUT2D eigenvalue weighted by Gasteiger charge is -2.28. The molecule has 0 bridgehead atoms. The van der Waals surface area contributed by atoms with Crippen molar-refractivity contribution >= 4 is 260 Å². The van der Waals surface area contributed by atoms with Gasteiger partial charge in [0.1, 0.15) is 0 Å². The molecule has 0 saturated heterocycles. The van der Waals surface area contributed by atoms with Crippen LogP contribution in [0.1, 0.15) is 25.0 Å². The molecular weight excluding hydrogens is 1870 g/mol. The number of anilines is 9. The standard InChI is InChI=1S/2C48H30N2S.C45H30N2S/c1-2-9-31(10-3-1)32-17-22-35(23-18-32)49(36-24-19-33(20-25-36)34-21-28-47-43(29-34)40-12-5-7-16-46(40)51-47)37-26-27-39-42-14-8-13-41-38-11-4-6-15-44(38)50(48(41)42)45(39)30-37;1-2-9-31(10-3-1)32-17-22-35(23-18-32)49(36-24-19-33(20-25-36)34-21-27-41-40-12-5-7-16-46(40)51-47(41)29-34)37-26-28-39-43-14-8-13-42-38-11-4-6-15-44(38)50(48(42)43)45(39)30-37;1-45(2)38-15-6-3-10-30(38)31-21-18-28(25-39(31)45)46(27-20-23-43-37(24-27)34-12-5-8-17-42(34)48-43)29-19-22-33-36-14-9-13-35-32-11-4-7-16-40(32)47(44(35)36)41(33)26-29/h2*1-30H;3-26H,1-2H3. The molecule has 9 heteroatoms. The van der Waals surface area contributed by atoms with E-state index in [0.717, 1.165) is 45.5 Å². The third-order valence-electron chi connectivity index (χ3n) is 32.0. The van der Waals surface area contributed by atoms with Gasteiger partial charge in [0.2, 0.25) is 0 Å². The van der Waals surface area contributed by atoms with Crippen molar-refractivity contribution in [1.82, 2.24) is 13.2 Å². The van der Waals surface area contributed by atoms with E-state index in [2.05, 4.69) is 551 Å². The van der Waals surface area contributed by atoms with Crippen LogP contribution in [0.3, 0.4) is 0 Å². The maximum atomic E-state index is 2.48. The predicted molar refractivity (Wildman–Crippen MR) is 645 cm³/mol. The maximum absolute atomic E-state index is 2.48. The number of thiophene rings is 3. The lowest BCUT2D eigenvalue weighted by Crippen LogP contribution is -2.16. The minimum atomic E-state index is -0.0869. The van der Waals surface area contributed by atoms with E-state index >= 15 is 0 Å². The molecule has 9 heterocycles. The minimum Gasteiger partial charge on any atom is -0.310 e. The normalized spacial score (nSPS) is 12.5. The lowest BCUT2D eigenvalue weighted by molar-refractivity contribution is 0.660. The molecule has 32 aromatic rings. The van der Waals surface area contributed by atoms with Gasteiger partial charge in [0.25, 0.3) is 0 Å². The van der Waals surface area contributed by atoms with Gasteiger partial charge in [0.05, 0.1) is 49.7 Å². The predicted octanol–water partition coefficient (Wildman–Crippen LogP) is 41.0. The van der Waals surface area contributed by atoms with Crippen LogP contribution in [0.2, 0.25) is 0 Å². The summed E-state index contributed by atoms with van der Waals surface area (Å²) in [5, 5.41) is 23.5. The van der Waals surface area contributed by atoms with Crippen LogP contribution in [0.5, 0.6) is 0 Å². The number of nitrogens with zero attached hydrogens (tertiary/aromatic N) is 6. The number of para-hydroxylation sites is 6. The summed E-state index contributed by atoms with van der Waals surface area (Å²) in [7, 11) is 0. The number of fused-ring (bicyclic) bond motifs is 30. The Bertz CT molecular complexity index is 11000. The number of aromatic nitrogens is 3. The van der Waals surface area contributed by atoms with Gasteiger partial charge < -0.3 is 27.9 Å². The highest BCUT2D eigenvalue weighted by molar-refractivity contribution is 7.26. The molecule has 0 saturated carbocycles. The summed E-state index contributed by atoms with van der Waals surface area (Å²) in [5.41, 5.74) is 36.6. The van der Waals surface area contributed by atoms with Gasteiger partial charge in [-0.15, -0.1) is 34.0 Å². The summed E-state index contributed by atoms with van der Waals surface area (Å²) < 4.78 is 15.4. The van der Waals surface area contributed by atoms with Crippen LogP contribution in [0.25, 0.3) is 230 Å².